The van der Waals surface area contributed by atoms with Crippen LogP contribution in [-0.4, -0.2) is 76.7 Å². The summed E-state index contributed by atoms with van der Waals surface area (Å²) in [6.45, 7) is 15.1. The van der Waals surface area contributed by atoms with Crippen LogP contribution in [0.2, 0.25) is 18.1 Å². The van der Waals surface area contributed by atoms with E-state index >= 15 is 0 Å². The first-order valence-corrected chi connectivity index (χ1v) is 16.4. The van der Waals surface area contributed by atoms with Gasteiger partial charge in [0.2, 0.25) is 0 Å². The number of non-ortho nitro benzene ring substituents is 1. The molecule has 1 aliphatic rings. The first kappa shape index (κ1) is 31.3. The van der Waals surface area contributed by atoms with E-state index in [0.29, 0.717) is 19.5 Å². The standard InChI is InChI=1S/C28H41FN4O6Si/c1-28(2,3)40(5,6)39-23(14-15-30-27(34)38-22-12-10-21(11-13-22)33(35)36)20-31-16-18-32(19-17-31)25-9-7-8-24(29)26(25)37-4/h7-13,23H,14-20H2,1-6H3,(H,30,34)/t23-/m1/s1. The predicted octanol–water partition coefficient (Wildman–Crippen LogP) is 5.43. The van der Waals surface area contributed by atoms with Crippen molar-refractivity contribution in [1.29, 1.82) is 0 Å². The van der Waals surface area contributed by atoms with Crippen LogP contribution in [0.3, 0.4) is 0 Å². The second-order valence-corrected chi connectivity index (χ2v) is 16.2. The third-order valence-corrected chi connectivity index (χ3v) is 12.1. The number of nitro groups is 1. The van der Waals surface area contributed by atoms with Crippen LogP contribution in [-0.2, 0) is 4.43 Å². The first-order valence-electron chi connectivity index (χ1n) is 13.5. The molecule has 2 aromatic carbocycles. The van der Waals surface area contributed by atoms with Gasteiger partial charge < -0.3 is 24.1 Å². The zero-order chi connectivity index (χ0) is 29.5. The molecule has 40 heavy (non-hydrogen) atoms. The molecular weight excluding hydrogens is 535 g/mol. The maximum absolute atomic E-state index is 14.2. The number of nitro benzene ring substituents is 1. The number of nitrogens with one attached hydrogen (secondary N) is 1. The van der Waals surface area contributed by atoms with Crippen LogP contribution < -0.4 is 19.7 Å². The van der Waals surface area contributed by atoms with E-state index in [2.05, 4.69) is 49.0 Å². The minimum Gasteiger partial charge on any atom is -0.492 e. The molecule has 0 aliphatic carbocycles. The fraction of sp³-hybridized carbons (Fsp3) is 0.536. The maximum atomic E-state index is 14.2. The Morgan fingerprint density at radius 2 is 1.77 bits per heavy atom. The molecule has 0 bridgehead atoms. The lowest BCUT2D eigenvalue weighted by atomic mass is 10.2. The summed E-state index contributed by atoms with van der Waals surface area (Å²) >= 11 is 0. The van der Waals surface area contributed by atoms with Crippen molar-refractivity contribution in [3.05, 3.63) is 58.4 Å². The maximum Gasteiger partial charge on any atom is 0.412 e. The van der Waals surface area contributed by atoms with E-state index in [4.69, 9.17) is 13.9 Å². The number of carbonyl (C=O) groups excluding carboxylic acids is 1. The number of para-hydroxylation sites is 1. The zero-order valence-electron chi connectivity index (χ0n) is 24.2. The van der Waals surface area contributed by atoms with Crippen molar-refractivity contribution in [3.8, 4) is 11.5 Å². The number of ether oxygens (including phenoxy) is 2. The second kappa shape index (κ2) is 13.4. The average Bonchev–Trinajstić information content (AvgIpc) is 2.88. The van der Waals surface area contributed by atoms with Gasteiger partial charge in [-0.2, -0.15) is 0 Å². The Labute approximate surface area is 236 Å². The molecule has 1 amide bonds. The van der Waals surface area contributed by atoms with Gasteiger partial charge in [-0.05, 0) is 48.8 Å². The largest absolute Gasteiger partial charge is 0.492 e. The summed E-state index contributed by atoms with van der Waals surface area (Å²) in [6.07, 6.45) is -0.131. The molecule has 0 radical (unpaired) electrons. The van der Waals surface area contributed by atoms with Crippen molar-refractivity contribution < 1.29 is 28.0 Å². The third kappa shape index (κ3) is 8.39. The molecule has 220 valence electrons. The molecule has 1 heterocycles. The number of halogens is 1. The molecule has 0 spiro atoms. The minimum atomic E-state index is -2.08. The van der Waals surface area contributed by atoms with E-state index in [9.17, 15) is 19.3 Å². The van der Waals surface area contributed by atoms with Crippen molar-refractivity contribution >= 4 is 25.8 Å². The normalized spacial score (nSPS) is 15.4. The van der Waals surface area contributed by atoms with Crippen molar-refractivity contribution in [3.63, 3.8) is 0 Å². The summed E-state index contributed by atoms with van der Waals surface area (Å²) in [7, 11) is -0.602. The molecule has 1 saturated heterocycles. The van der Waals surface area contributed by atoms with Crippen LogP contribution in [0.5, 0.6) is 11.5 Å². The molecule has 2 aromatic rings. The van der Waals surface area contributed by atoms with E-state index in [0.717, 1.165) is 31.9 Å². The van der Waals surface area contributed by atoms with E-state index in [1.54, 1.807) is 6.07 Å². The Balaban J connectivity index is 1.57. The van der Waals surface area contributed by atoms with E-state index in [-0.39, 0.29) is 34.1 Å². The van der Waals surface area contributed by atoms with Crippen LogP contribution in [0.15, 0.2) is 42.5 Å². The van der Waals surface area contributed by atoms with Crippen molar-refractivity contribution in [2.75, 3.05) is 51.3 Å². The van der Waals surface area contributed by atoms with Crippen LogP contribution in [0.1, 0.15) is 27.2 Å². The number of methoxy groups -OCH3 is 1. The molecule has 12 heteroatoms. The number of hydrogen-bond donors (Lipinski definition) is 1. The van der Waals surface area contributed by atoms with Gasteiger partial charge in [-0.25, -0.2) is 9.18 Å². The highest BCUT2D eigenvalue weighted by Crippen LogP contribution is 2.38. The van der Waals surface area contributed by atoms with Crippen LogP contribution in [0, 0.1) is 15.9 Å². The lowest BCUT2D eigenvalue weighted by Gasteiger charge is -2.42. The lowest BCUT2D eigenvalue weighted by Crippen LogP contribution is -2.52. The highest BCUT2D eigenvalue weighted by Gasteiger charge is 2.39. The van der Waals surface area contributed by atoms with Gasteiger partial charge in [-0.3, -0.25) is 15.0 Å². The van der Waals surface area contributed by atoms with Gasteiger partial charge in [0.25, 0.3) is 5.69 Å². The van der Waals surface area contributed by atoms with Gasteiger partial charge in [0.1, 0.15) is 5.75 Å². The van der Waals surface area contributed by atoms with E-state index < -0.39 is 19.3 Å². The smallest absolute Gasteiger partial charge is 0.412 e. The monoisotopic (exact) mass is 576 g/mol. The third-order valence-electron chi connectivity index (χ3n) is 7.59. The summed E-state index contributed by atoms with van der Waals surface area (Å²) in [4.78, 5) is 27.1. The lowest BCUT2D eigenvalue weighted by molar-refractivity contribution is -0.384. The van der Waals surface area contributed by atoms with Crippen LogP contribution >= 0.6 is 0 Å². The molecule has 1 aliphatic heterocycles. The second-order valence-electron chi connectivity index (χ2n) is 11.4. The minimum absolute atomic E-state index is 0.0279. The Bertz CT molecular complexity index is 1150. The number of carbonyl (C=O) groups is 1. The van der Waals surface area contributed by atoms with Gasteiger partial charge in [0.15, 0.2) is 19.9 Å². The van der Waals surface area contributed by atoms with Crippen LogP contribution in [0.4, 0.5) is 20.6 Å². The molecular formula is C28H41FN4O6Si. The number of rotatable bonds is 11. The summed E-state index contributed by atoms with van der Waals surface area (Å²) < 4.78 is 31.5. The molecule has 0 saturated carbocycles. The fourth-order valence-corrected chi connectivity index (χ4v) is 5.68. The van der Waals surface area contributed by atoms with Gasteiger partial charge in [0, 0.05) is 51.4 Å². The van der Waals surface area contributed by atoms with Gasteiger partial charge >= 0.3 is 6.09 Å². The van der Waals surface area contributed by atoms with Gasteiger partial charge in [-0.1, -0.05) is 26.8 Å². The number of anilines is 1. The topological polar surface area (TPSA) is 106 Å². The zero-order valence-corrected chi connectivity index (χ0v) is 25.2. The number of nitrogens with zero attached hydrogens (tertiary/aromatic N) is 3. The number of piperazine rings is 1. The van der Waals surface area contributed by atoms with Crippen molar-refractivity contribution in [2.24, 2.45) is 0 Å². The SMILES string of the molecule is COc1c(F)cccc1N1CCN(C[C@@H](CCNC(=O)Oc2ccc([N+](=O)[O-])cc2)O[Si](C)(C)C(C)(C)C)CC1. The molecule has 3 rings (SSSR count). The van der Waals surface area contributed by atoms with E-state index in [1.165, 1.54) is 37.4 Å². The predicted molar refractivity (Wildman–Crippen MR) is 155 cm³/mol. The summed E-state index contributed by atoms with van der Waals surface area (Å²) in [5.41, 5.74) is 0.682. The molecule has 1 fully saturated rings. The average molecular weight is 577 g/mol. The summed E-state index contributed by atoms with van der Waals surface area (Å²) in [6, 6.07) is 10.3. The Morgan fingerprint density at radius 3 is 2.35 bits per heavy atom. The van der Waals surface area contributed by atoms with Gasteiger partial charge in [0.05, 0.1) is 23.8 Å². The Kier molecular flexibility index (Phi) is 10.5. The molecule has 1 atom stereocenters. The quantitative estimate of drug-likeness (QED) is 0.214. The van der Waals surface area contributed by atoms with Gasteiger partial charge in [-0.15, -0.1) is 0 Å². The Hall–Kier alpha value is -3.22. The molecule has 10 nitrogen and oxygen atoms in total. The van der Waals surface area contributed by atoms with Crippen molar-refractivity contribution in [1.82, 2.24) is 10.2 Å². The number of hydrogen-bond acceptors (Lipinski definition) is 8. The summed E-state index contributed by atoms with van der Waals surface area (Å²) in [5, 5.41) is 13.6. The van der Waals surface area contributed by atoms with Crippen molar-refractivity contribution in [2.45, 2.75) is 51.4 Å². The van der Waals surface area contributed by atoms with Crippen LogP contribution in [0.25, 0.3) is 0 Å². The highest BCUT2D eigenvalue weighted by atomic mass is 28.4. The van der Waals surface area contributed by atoms with E-state index in [1.807, 2.05) is 6.07 Å². The summed E-state index contributed by atoms with van der Waals surface area (Å²) in [5.74, 6) is 0.122. The number of amides is 1. The molecule has 0 aromatic heterocycles. The highest BCUT2D eigenvalue weighted by molar-refractivity contribution is 6.74. The first-order chi connectivity index (χ1) is 18.8. The molecule has 0 unspecified atom stereocenters. The number of benzene rings is 2. The molecule has 1 N–H and O–H groups in total. The fourth-order valence-electron chi connectivity index (χ4n) is 4.30. The Morgan fingerprint density at radius 1 is 1.12 bits per heavy atom.